The summed E-state index contributed by atoms with van der Waals surface area (Å²) in [6.07, 6.45) is 15.3. The van der Waals surface area contributed by atoms with Crippen LogP contribution in [0, 0.1) is 6.92 Å². The highest BCUT2D eigenvalue weighted by atomic mass is 14.5. The van der Waals surface area contributed by atoms with Crippen molar-refractivity contribution in [2.75, 3.05) is 0 Å². The van der Waals surface area contributed by atoms with Gasteiger partial charge in [0.05, 0.1) is 0 Å². The molecule has 0 bridgehead atoms. The van der Waals surface area contributed by atoms with Crippen LogP contribution in [0.15, 0.2) is 18.2 Å². The first-order valence-electron chi connectivity index (χ1n) is 9.06. The van der Waals surface area contributed by atoms with Gasteiger partial charge in [0.25, 0.3) is 0 Å². The molecule has 0 aliphatic rings. The zero-order valence-electron chi connectivity index (χ0n) is 14.3. The summed E-state index contributed by atoms with van der Waals surface area (Å²) in [6, 6.07) is 6.78. The molecule has 0 fully saturated rings. The van der Waals surface area contributed by atoms with E-state index in [1.165, 1.54) is 87.3 Å². The summed E-state index contributed by atoms with van der Waals surface area (Å²) in [4.78, 5) is 0. The highest BCUT2D eigenvalue weighted by Gasteiger charge is 1.99. The molecule has 0 unspecified atom stereocenters. The van der Waals surface area contributed by atoms with Gasteiger partial charge in [-0.25, -0.2) is 0 Å². The zero-order chi connectivity index (χ0) is 15.3. The maximum atomic E-state index is 5.77. The number of nitrogens with two attached hydrogens (primary N) is 1. The van der Waals surface area contributed by atoms with Gasteiger partial charge in [-0.15, -0.1) is 0 Å². The summed E-state index contributed by atoms with van der Waals surface area (Å²) >= 11 is 0. The van der Waals surface area contributed by atoms with Gasteiger partial charge in [0.2, 0.25) is 0 Å². The fraction of sp³-hybridized carbons (Fsp3) is 0.700. The van der Waals surface area contributed by atoms with Crippen LogP contribution in [-0.4, -0.2) is 0 Å². The maximum Gasteiger partial charge on any atom is 0.0180 e. The maximum absolute atomic E-state index is 5.77. The normalized spacial score (nSPS) is 11.0. The predicted octanol–water partition coefficient (Wildman–Crippen LogP) is 5.92. The average molecular weight is 290 g/mol. The lowest BCUT2D eigenvalue weighted by atomic mass is 10.00. The molecule has 0 aliphatic heterocycles. The Bertz CT molecular complexity index is 370. The first-order valence-corrected chi connectivity index (χ1v) is 9.06. The van der Waals surface area contributed by atoms with Crippen molar-refractivity contribution in [2.45, 2.75) is 91.0 Å². The molecule has 21 heavy (non-hydrogen) atoms. The minimum atomic E-state index is 0.664. The molecule has 0 amide bonds. The van der Waals surface area contributed by atoms with E-state index in [2.05, 4.69) is 32.0 Å². The van der Waals surface area contributed by atoms with E-state index in [4.69, 9.17) is 5.73 Å². The van der Waals surface area contributed by atoms with Gasteiger partial charge < -0.3 is 5.73 Å². The molecule has 1 aromatic rings. The number of hydrogen-bond acceptors (Lipinski definition) is 1. The fourth-order valence-corrected chi connectivity index (χ4v) is 2.92. The van der Waals surface area contributed by atoms with E-state index in [9.17, 15) is 0 Å². The molecule has 1 heteroatoms. The Morgan fingerprint density at radius 3 is 1.95 bits per heavy atom. The third-order valence-corrected chi connectivity index (χ3v) is 4.45. The number of unbranched alkanes of at least 4 members (excludes halogenated alkanes) is 9. The quantitative estimate of drug-likeness (QED) is 0.475. The van der Waals surface area contributed by atoms with Crippen molar-refractivity contribution in [1.82, 2.24) is 0 Å². The SMILES string of the molecule is CCCCCCCCCCCCc1ccc(C)c(CN)c1. The van der Waals surface area contributed by atoms with E-state index in [1.54, 1.807) is 0 Å². The lowest BCUT2D eigenvalue weighted by Crippen LogP contribution is -2.00. The van der Waals surface area contributed by atoms with E-state index in [1.807, 2.05) is 0 Å². The Kier molecular flexibility index (Phi) is 10.2. The fourth-order valence-electron chi connectivity index (χ4n) is 2.92. The summed E-state index contributed by atoms with van der Waals surface area (Å²) < 4.78 is 0. The number of rotatable bonds is 12. The van der Waals surface area contributed by atoms with Crippen LogP contribution < -0.4 is 5.73 Å². The molecule has 1 nitrogen and oxygen atoms in total. The Balaban J connectivity index is 2.01. The first-order chi connectivity index (χ1) is 10.3. The second-order valence-corrected chi connectivity index (χ2v) is 6.40. The van der Waals surface area contributed by atoms with Gasteiger partial charge in [-0.3, -0.25) is 0 Å². The summed E-state index contributed by atoms with van der Waals surface area (Å²) in [5.74, 6) is 0. The van der Waals surface area contributed by atoms with Gasteiger partial charge >= 0.3 is 0 Å². The number of benzene rings is 1. The smallest absolute Gasteiger partial charge is 0.0180 e. The molecular formula is C20H35N. The van der Waals surface area contributed by atoms with Crippen molar-refractivity contribution in [3.63, 3.8) is 0 Å². The molecule has 0 atom stereocenters. The molecule has 0 heterocycles. The first kappa shape index (κ1) is 18.2. The highest BCUT2D eigenvalue weighted by molar-refractivity contribution is 5.31. The Labute approximate surface area is 132 Å². The molecule has 1 aromatic carbocycles. The summed E-state index contributed by atoms with van der Waals surface area (Å²) in [7, 11) is 0. The van der Waals surface area contributed by atoms with Crippen LogP contribution in [0.5, 0.6) is 0 Å². The topological polar surface area (TPSA) is 26.0 Å². The van der Waals surface area contributed by atoms with Crippen LogP contribution >= 0.6 is 0 Å². The van der Waals surface area contributed by atoms with Crippen molar-refractivity contribution < 1.29 is 0 Å². The summed E-state index contributed by atoms with van der Waals surface area (Å²) in [5.41, 5.74) is 9.86. The van der Waals surface area contributed by atoms with Crippen molar-refractivity contribution in [3.05, 3.63) is 34.9 Å². The van der Waals surface area contributed by atoms with E-state index in [-0.39, 0.29) is 0 Å². The molecule has 120 valence electrons. The van der Waals surface area contributed by atoms with Gasteiger partial charge in [0.1, 0.15) is 0 Å². The molecule has 1 rings (SSSR count). The lowest BCUT2D eigenvalue weighted by molar-refractivity contribution is 0.556. The van der Waals surface area contributed by atoms with Crippen LogP contribution in [-0.2, 0) is 13.0 Å². The van der Waals surface area contributed by atoms with Crippen LogP contribution in [0.25, 0.3) is 0 Å². The van der Waals surface area contributed by atoms with Crippen molar-refractivity contribution in [1.29, 1.82) is 0 Å². The monoisotopic (exact) mass is 289 g/mol. The third kappa shape index (κ3) is 8.26. The van der Waals surface area contributed by atoms with E-state index >= 15 is 0 Å². The molecule has 0 radical (unpaired) electrons. The van der Waals surface area contributed by atoms with Crippen molar-refractivity contribution >= 4 is 0 Å². The minimum absolute atomic E-state index is 0.664. The molecule has 2 N–H and O–H groups in total. The summed E-state index contributed by atoms with van der Waals surface area (Å²) in [5, 5.41) is 0. The number of aryl methyl sites for hydroxylation is 2. The molecule has 0 saturated heterocycles. The second-order valence-electron chi connectivity index (χ2n) is 6.40. The molecular weight excluding hydrogens is 254 g/mol. The van der Waals surface area contributed by atoms with Crippen molar-refractivity contribution in [2.24, 2.45) is 5.73 Å². The van der Waals surface area contributed by atoms with Crippen LogP contribution in [0.4, 0.5) is 0 Å². The lowest BCUT2D eigenvalue weighted by Gasteiger charge is -2.07. The van der Waals surface area contributed by atoms with Crippen LogP contribution in [0.3, 0.4) is 0 Å². The predicted molar refractivity (Wildman–Crippen MR) is 94.6 cm³/mol. The third-order valence-electron chi connectivity index (χ3n) is 4.45. The van der Waals surface area contributed by atoms with Gasteiger partial charge in [0, 0.05) is 6.54 Å². The van der Waals surface area contributed by atoms with Gasteiger partial charge in [-0.05, 0) is 36.5 Å². The van der Waals surface area contributed by atoms with E-state index in [0.29, 0.717) is 6.54 Å². The molecule has 0 aliphatic carbocycles. The standard InChI is InChI=1S/C20H35N/c1-3-4-5-6-7-8-9-10-11-12-13-19-15-14-18(2)20(16-19)17-21/h14-16H,3-13,17,21H2,1-2H3. The second kappa shape index (κ2) is 11.8. The van der Waals surface area contributed by atoms with Crippen LogP contribution in [0.2, 0.25) is 0 Å². The van der Waals surface area contributed by atoms with Crippen LogP contribution in [0.1, 0.15) is 87.8 Å². The van der Waals surface area contributed by atoms with Gasteiger partial charge in [-0.2, -0.15) is 0 Å². The minimum Gasteiger partial charge on any atom is -0.326 e. The molecule has 0 saturated carbocycles. The molecule has 0 aromatic heterocycles. The van der Waals surface area contributed by atoms with Crippen molar-refractivity contribution in [3.8, 4) is 0 Å². The Morgan fingerprint density at radius 2 is 1.38 bits per heavy atom. The van der Waals surface area contributed by atoms with E-state index < -0.39 is 0 Å². The number of hydrogen-bond donors (Lipinski definition) is 1. The Morgan fingerprint density at radius 1 is 0.810 bits per heavy atom. The summed E-state index contributed by atoms with van der Waals surface area (Å²) in [6.45, 7) is 5.09. The van der Waals surface area contributed by atoms with Gasteiger partial charge in [0.15, 0.2) is 0 Å². The highest BCUT2D eigenvalue weighted by Crippen LogP contribution is 2.15. The largest absolute Gasteiger partial charge is 0.326 e. The van der Waals surface area contributed by atoms with E-state index in [0.717, 1.165) is 0 Å². The van der Waals surface area contributed by atoms with Gasteiger partial charge in [-0.1, -0.05) is 82.9 Å². The zero-order valence-corrected chi connectivity index (χ0v) is 14.3. The average Bonchev–Trinajstić information content (AvgIpc) is 2.50. The Hall–Kier alpha value is -0.820. The molecule has 0 spiro atoms.